The number of alkyl halides is 3. The van der Waals surface area contributed by atoms with Crippen molar-refractivity contribution in [3.8, 4) is 5.75 Å². The Morgan fingerprint density at radius 2 is 1.86 bits per heavy atom. The Labute approximate surface area is 167 Å². The number of ether oxygens (including phenoxy) is 1. The maximum atomic E-state index is 12.6. The molecule has 1 aromatic heterocycles. The smallest absolute Gasteiger partial charge is 0.434 e. The summed E-state index contributed by atoms with van der Waals surface area (Å²) in [5.74, 6) is 1.40. The van der Waals surface area contributed by atoms with Gasteiger partial charge in [0.15, 0.2) is 11.7 Å². The number of aromatic nitrogens is 1. The van der Waals surface area contributed by atoms with Crippen LogP contribution in [0.1, 0.15) is 30.1 Å². The van der Waals surface area contributed by atoms with Crippen LogP contribution in [0.25, 0.3) is 0 Å². The number of hydrogen-bond donors (Lipinski definition) is 2. The summed E-state index contributed by atoms with van der Waals surface area (Å²) in [6, 6.07) is 7.90. The highest BCUT2D eigenvalue weighted by atomic mass is 32.1. The molecular weight excluding hydrogens is 389 g/mol. The molecule has 2 aromatic rings. The van der Waals surface area contributed by atoms with E-state index in [2.05, 4.69) is 34.5 Å². The van der Waals surface area contributed by atoms with E-state index in [0.29, 0.717) is 30.5 Å². The van der Waals surface area contributed by atoms with Crippen molar-refractivity contribution in [3.05, 3.63) is 45.9 Å². The van der Waals surface area contributed by atoms with Crippen molar-refractivity contribution in [3.63, 3.8) is 0 Å². The molecule has 0 unspecified atom stereocenters. The topological polar surface area (TPSA) is 58.5 Å². The van der Waals surface area contributed by atoms with Gasteiger partial charge >= 0.3 is 6.18 Å². The average Bonchev–Trinajstić information content (AvgIpc) is 3.14. The number of nitrogens with zero attached hydrogens (tertiary/aromatic N) is 2. The third-order valence-corrected chi connectivity index (χ3v) is 5.17. The molecule has 0 spiro atoms. The number of aliphatic imine (C=N–C) groups is 1. The van der Waals surface area contributed by atoms with Crippen LogP contribution in [0.3, 0.4) is 0 Å². The summed E-state index contributed by atoms with van der Waals surface area (Å²) in [7, 11) is 3.29. The van der Waals surface area contributed by atoms with Crippen molar-refractivity contribution >= 4 is 17.3 Å². The minimum absolute atomic E-state index is 0.152. The largest absolute Gasteiger partial charge is 0.497 e. The summed E-state index contributed by atoms with van der Waals surface area (Å²) in [5, 5.41) is 7.86. The summed E-state index contributed by atoms with van der Waals surface area (Å²) < 4.78 is 43.0. The third-order valence-electron chi connectivity index (χ3n) is 4.27. The molecule has 1 aromatic carbocycles. The molecule has 0 bridgehead atoms. The van der Waals surface area contributed by atoms with Gasteiger partial charge in [0, 0.05) is 37.4 Å². The molecule has 0 aliphatic carbocycles. The Kier molecular flexibility index (Phi) is 7.29. The SMILES string of the molecule is CN=C(NCCc1nc(C(F)(F)F)cs1)NCC(C)(C)c1ccc(OC)cc1. The molecule has 2 rings (SSSR count). The van der Waals surface area contributed by atoms with Gasteiger partial charge in [0.1, 0.15) is 5.75 Å². The number of hydrogen-bond acceptors (Lipinski definition) is 4. The highest BCUT2D eigenvalue weighted by Crippen LogP contribution is 2.30. The van der Waals surface area contributed by atoms with E-state index in [9.17, 15) is 13.2 Å². The zero-order chi connectivity index (χ0) is 20.8. The van der Waals surface area contributed by atoms with Crippen LogP contribution in [-0.2, 0) is 18.0 Å². The van der Waals surface area contributed by atoms with E-state index in [0.717, 1.165) is 28.0 Å². The molecular formula is C19H25F3N4OS. The molecule has 154 valence electrons. The average molecular weight is 414 g/mol. The highest BCUT2D eigenvalue weighted by molar-refractivity contribution is 7.09. The molecule has 0 atom stereocenters. The quantitative estimate of drug-likeness (QED) is 0.534. The van der Waals surface area contributed by atoms with E-state index in [1.54, 1.807) is 14.2 Å². The minimum Gasteiger partial charge on any atom is -0.497 e. The van der Waals surface area contributed by atoms with Gasteiger partial charge in [-0.15, -0.1) is 11.3 Å². The molecule has 0 radical (unpaired) electrons. The first-order valence-corrected chi connectivity index (χ1v) is 9.64. The van der Waals surface area contributed by atoms with Gasteiger partial charge in [0.2, 0.25) is 0 Å². The van der Waals surface area contributed by atoms with Gasteiger partial charge in [-0.25, -0.2) is 4.98 Å². The third kappa shape index (κ3) is 6.12. The molecule has 1 heterocycles. The number of benzene rings is 1. The standard InChI is InChI=1S/C19H25F3N4OS/c1-18(2,13-5-7-14(27-4)8-6-13)12-25-17(23-3)24-10-9-16-26-15(11-28-16)19(20,21)22/h5-8,11H,9-10,12H2,1-4H3,(H2,23,24,25). The normalized spacial score (nSPS) is 12.8. The first kappa shape index (κ1) is 22.0. The highest BCUT2D eigenvalue weighted by Gasteiger charge is 2.33. The maximum Gasteiger partial charge on any atom is 0.434 e. The van der Waals surface area contributed by atoms with Crippen LogP contribution in [0.5, 0.6) is 5.75 Å². The maximum absolute atomic E-state index is 12.6. The van der Waals surface area contributed by atoms with Crippen molar-refractivity contribution < 1.29 is 17.9 Å². The summed E-state index contributed by atoms with van der Waals surface area (Å²) >= 11 is 1.01. The van der Waals surface area contributed by atoms with E-state index in [1.807, 2.05) is 24.3 Å². The van der Waals surface area contributed by atoms with Crippen molar-refractivity contribution in [2.75, 3.05) is 27.2 Å². The fraction of sp³-hybridized carbons (Fsp3) is 0.474. The molecule has 0 saturated heterocycles. The fourth-order valence-corrected chi connectivity index (χ4v) is 3.32. The fourth-order valence-electron chi connectivity index (χ4n) is 2.51. The van der Waals surface area contributed by atoms with Crippen LogP contribution >= 0.6 is 11.3 Å². The van der Waals surface area contributed by atoms with Crippen LogP contribution < -0.4 is 15.4 Å². The Morgan fingerprint density at radius 3 is 2.39 bits per heavy atom. The second-order valence-electron chi connectivity index (χ2n) is 6.84. The Balaban J connectivity index is 1.84. The second kappa shape index (κ2) is 9.27. The molecule has 0 saturated carbocycles. The van der Waals surface area contributed by atoms with Crippen LogP contribution in [0.4, 0.5) is 13.2 Å². The molecule has 28 heavy (non-hydrogen) atoms. The van der Waals surface area contributed by atoms with Crippen LogP contribution in [-0.4, -0.2) is 38.2 Å². The first-order valence-electron chi connectivity index (χ1n) is 8.76. The van der Waals surface area contributed by atoms with Gasteiger partial charge in [-0.3, -0.25) is 4.99 Å². The zero-order valence-corrected chi connectivity index (χ0v) is 17.2. The predicted molar refractivity (Wildman–Crippen MR) is 106 cm³/mol. The van der Waals surface area contributed by atoms with E-state index < -0.39 is 11.9 Å². The van der Waals surface area contributed by atoms with Crippen LogP contribution in [0, 0.1) is 0 Å². The molecule has 2 N–H and O–H groups in total. The van der Waals surface area contributed by atoms with Gasteiger partial charge in [0.25, 0.3) is 0 Å². The van der Waals surface area contributed by atoms with E-state index in [4.69, 9.17) is 4.74 Å². The van der Waals surface area contributed by atoms with Gasteiger partial charge in [0.05, 0.1) is 12.1 Å². The van der Waals surface area contributed by atoms with Gasteiger partial charge < -0.3 is 15.4 Å². The number of halogens is 3. The van der Waals surface area contributed by atoms with Crippen molar-refractivity contribution in [2.24, 2.45) is 4.99 Å². The van der Waals surface area contributed by atoms with E-state index >= 15 is 0 Å². The number of guanidine groups is 1. The molecule has 0 fully saturated rings. The lowest BCUT2D eigenvalue weighted by molar-refractivity contribution is -0.140. The predicted octanol–water partition coefficient (Wildman–Crippen LogP) is 3.86. The molecule has 5 nitrogen and oxygen atoms in total. The van der Waals surface area contributed by atoms with E-state index in [1.165, 1.54) is 0 Å². The van der Waals surface area contributed by atoms with Crippen molar-refractivity contribution in [2.45, 2.75) is 31.9 Å². The Bertz CT molecular complexity index is 785. The summed E-state index contributed by atoms with van der Waals surface area (Å²) in [5.41, 5.74) is 0.163. The van der Waals surface area contributed by atoms with Crippen LogP contribution in [0.15, 0.2) is 34.6 Å². The van der Waals surface area contributed by atoms with Gasteiger partial charge in [-0.2, -0.15) is 13.2 Å². The number of rotatable bonds is 7. The molecule has 0 amide bonds. The number of methoxy groups -OCH3 is 1. The number of thiazole rings is 1. The monoisotopic (exact) mass is 414 g/mol. The van der Waals surface area contributed by atoms with E-state index in [-0.39, 0.29) is 5.41 Å². The summed E-state index contributed by atoms with van der Waals surface area (Å²) in [6.07, 6.45) is -4.00. The lowest BCUT2D eigenvalue weighted by Gasteiger charge is -2.27. The molecule has 0 aliphatic heterocycles. The summed E-state index contributed by atoms with van der Waals surface area (Å²) in [6.45, 7) is 5.30. The summed E-state index contributed by atoms with van der Waals surface area (Å²) in [4.78, 5) is 7.79. The molecule has 9 heteroatoms. The first-order chi connectivity index (χ1) is 13.2. The van der Waals surface area contributed by atoms with Crippen LogP contribution in [0.2, 0.25) is 0 Å². The van der Waals surface area contributed by atoms with Crippen molar-refractivity contribution in [1.82, 2.24) is 15.6 Å². The van der Waals surface area contributed by atoms with Gasteiger partial charge in [-0.1, -0.05) is 26.0 Å². The lowest BCUT2D eigenvalue weighted by Crippen LogP contribution is -2.44. The zero-order valence-electron chi connectivity index (χ0n) is 16.4. The molecule has 0 aliphatic rings. The second-order valence-corrected chi connectivity index (χ2v) is 7.78. The Hall–Kier alpha value is -2.29. The lowest BCUT2D eigenvalue weighted by atomic mass is 9.84. The van der Waals surface area contributed by atoms with Crippen molar-refractivity contribution in [1.29, 1.82) is 0 Å². The Morgan fingerprint density at radius 1 is 1.18 bits per heavy atom. The minimum atomic E-state index is -4.40. The van der Waals surface area contributed by atoms with Gasteiger partial charge in [-0.05, 0) is 17.7 Å². The number of nitrogens with one attached hydrogen (secondary N) is 2.